The fourth-order valence-electron chi connectivity index (χ4n) is 2.35. The smallest absolute Gasteiger partial charge is 0.173 e. The Morgan fingerprint density at radius 3 is 2.65 bits per heavy atom. The molecule has 0 saturated heterocycles. The van der Waals surface area contributed by atoms with E-state index in [1.54, 1.807) is 22.7 Å². The number of anilines is 1. The van der Waals surface area contributed by atoms with Gasteiger partial charge in [-0.1, -0.05) is 29.8 Å². The van der Waals surface area contributed by atoms with Crippen molar-refractivity contribution in [3.63, 3.8) is 0 Å². The van der Waals surface area contributed by atoms with Crippen molar-refractivity contribution in [1.82, 2.24) is 9.97 Å². The van der Waals surface area contributed by atoms with Crippen molar-refractivity contribution < 1.29 is 0 Å². The van der Waals surface area contributed by atoms with Crippen LogP contribution in [0.3, 0.4) is 0 Å². The topological polar surface area (TPSA) is 37.8 Å². The molecule has 0 saturated carbocycles. The van der Waals surface area contributed by atoms with Crippen molar-refractivity contribution in [3.8, 4) is 10.7 Å². The fraction of sp³-hybridized carbons (Fsp3) is 0.0588. The third kappa shape index (κ3) is 2.95. The molecule has 0 aliphatic rings. The zero-order valence-corrected chi connectivity index (χ0v) is 14.4. The zero-order valence-electron chi connectivity index (χ0n) is 12.0. The van der Waals surface area contributed by atoms with Gasteiger partial charge in [0.15, 0.2) is 5.82 Å². The molecule has 0 aliphatic heterocycles. The maximum Gasteiger partial charge on any atom is 0.173 e. The van der Waals surface area contributed by atoms with Gasteiger partial charge in [-0.15, -0.1) is 22.7 Å². The van der Waals surface area contributed by atoms with E-state index < -0.39 is 0 Å². The van der Waals surface area contributed by atoms with Gasteiger partial charge in [-0.25, -0.2) is 9.97 Å². The summed E-state index contributed by atoms with van der Waals surface area (Å²) in [5.41, 5.74) is 0.913. The number of rotatable bonds is 4. The maximum absolute atomic E-state index is 6.25. The highest BCUT2D eigenvalue weighted by molar-refractivity contribution is 7.14. The minimum absolute atomic E-state index is 0.664. The summed E-state index contributed by atoms with van der Waals surface area (Å²) < 4.78 is 0. The van der Waals surface area contributed by atoms with Crippen molar-refractivity contribution in [2.45, 2.75) is 6.54 Å². The van der Waals surface area contributed by atoms with E-state index >= 15 is 0 Å². The fourth-order valence-corrected chi connectivity index (χ4v) is 4.07. The number of halogens is 1. The van der Waals surface area contributed by atoms with Crippen LogP contribution in [0.5, 0.6) is 0 Å². The van der Waals surface area contributed by atoms with Crippen LogP contribution in [0.4, 0.5) is 5.82 Å². The Labute approximate surface area is 146 Å². The third-order valence-corrected chi connectivity index (χ3v) is 5.65. The van der Waals surface area contributed by atoms with Crippen molar-refractivity contribution in [2.75, 3.05) is 5.32 Å². The van der Waals surface area contributed by atoms with E-state index in [9.17, 15) is 0 Å². The standard InChI is InChI=1S/C17H12ClN3S2/c18-13-7-9-23-15(13)17-20-14-6-2-1-5-12(14)16(21-17)19-10-11-4-3-8-22-11/h1-9H,10H2,(H,19,20,21). The van der Waals surface area contributed by atoms with E-state index in [2.05, 4.69) is 27.8 Å². The van der Waals surface area contributed by atoms with Crippen LogP contribution < -0.4 is 5.32 Å². The Balaban J connectivity index is 1.79. The molecule has 3 aromatic heterocycles. The molecule has 6 heteroatoms. The summed E-state index contributed by atoms with van der Waals surface area (Å²) in [4.78, 5) is 11.5. The second kappa shape index (κ2) is 6.28. The summed E-state index contributed by atoms with van der Waals surface area (Å²) in [5, 5.41) is 9.17. The monoisotopic (exact) mass is 357 g/mol. The molecular weight excluding hydrogens is 346 g/mol. The normalized spacial score (nSPS) is 11.0. The van der Waals surface area contributed by atoms with Crippen LogP contribution in [0.15, 0.2) is 53.2 Å². The van der Waals surface area contributed by atoms with E-state index in [1.807, 2.05) is 35.7 Å². The second-order valence-corrected chi connectivity index (χ2v) is 7.30. The number of hydrogen-bond acceptors (Lipinski definition) is 5. The summed E-state index contributed by atoms with van der Waals surface area (Å²) >= 11 is 9.53. The lowest BCUT2D eigenvalue weighted by atomic mass is 10.2. The summed E-state index contributed by atoms with van der Waals surface area (Å²) in [6.45, 7) is 0.746. The number of thiophene rings is 2. The number of benzene rings is 1. The molecule has 114 valence electrons. The first-order valence-corrected chi connectivity index (χ1v) is 9.21. The number of nitrogens with zero attached hydrogens (tertiary/aromatic N) is 2. The Hall–Kier alpha value is -1.95. The van der Waals surface area contributed by atoms with Crippen LogP contribution in [0.2, 0.25) is 5.02 Å². The largest absolute Gasteiger partial charge is 0.365 e. The Morgan fingerprint density at radius 2 is 1.87 bits per heavy atom. The van der Waals surface area contributed by atoms with Gasteiger partial charge >= 0.3 is 0 Å². The maximum atomic E-state index is 6.25. The number of hydrogen-bond donors (Lipinski definition) is 1. The van der Waals surface area contributed by atoms with E-state index in [4.69, 9.17) is 16.6 Å². The minimum Gasteiger partial charge on any atom is -0.365 e. The second-order valence-electron chi connectivity index (χ2n) is 4.94. The van der Waals surface area contributed by atoms with Gasteiger partial charge in [-0.2, -0.15) is 0 Å². The average Bonchev–Trinajstić information content (AvgIpc) is 3.23. The van der Waals surface area contributed by atoms with Crippen LogP contribution >= 0.6 is 34.3 Å². The highest BCUT2D eigenvalue weighted by atomic mass is 35.5. The molecule has 3 heterocycles. The molecule has 0 radical (unpaired) electrons. The number of nitrogens with one attached hydrogen (secondary N) is 1. The van der Waals surface area contributed by atoms with Crippen LogP contribution in [-0.4, -0.2) is 9.97 Å². The molecular formula is C17H12ClN3S2. The van der Waals surface area contributed by atoms with Crippen molar-refractivity contribution in [1.29, 1.82) is 0 Å². The summed E-state index contributed by atoms with van der Waals surface area (Å²) in [5.74, 6) is 1.50. The predicted molar refractivity (Wildman–Crippen MR) is 99.5 cm³/mol. The molecule has 0 aliphatic carbocycles. The average molecular weight is 358 g/mol. The van der Waals surface area contributed by atoms with Crippen LogP contribution in [0.25, 0.3) is 21.6 Å². The van der Waals surface area contributed by atoms with Crippen LogP contribution in [0.1, 0.15) is 4.88 Å². The lowest BCUT2D eigenvalue weighted by Crippen LogP contribution is -2.03. The quantitative estimate of drug-likeness (QED) is 0.510. The first-order valence-electron chi connectivity index (χ1n) is 7.07. The molecule has 23 heavy (non-hydrogen) atoms. The van der Waals surface area contributed by atoms with Crippen molar-refractivity contribution in [2.24, 2.45) is 0 Å². The van der Waals surface area contributed by atoms with Gasteiger partial charge in [-0.3, -0.25) is 0 Å². The van der Waals surface area contributed by atoms with Gasteiger partial charge in [-0.05, 0) is 35.0 Å². The Kier molecular flexibility index (Phi) is 3.99. The van der Waals surface area contributed by atoms with E-state index in [1.165, 1.54) is 4.88 Å². The SMILES string of the molecule is Clc1ccsc1-c1nc(NCc2cccs2)c2ccccc2n1. The van der Waals surface area contributed by atoms with Crippen LogP contribution in [0, 0.1) is 0 Å². The summed E-state index contributed by atoms with van der Waals surface area (Å²) in [6, 6.07) is 14.1. The molecule has 0 unspecified atom stereocenters. The van der Waals surface area contributed by atoms with Gasteiger partial charge < -0.3 is 5.32 Å². The van der Waals surface area contributed by atoms with Crippen molar-refractivity contribution >= 4 is 51.0 Å². The number of aromatic nitrogens is 2. The molecule has 4 rings (SSSR count). The molecule has 1 N–H and O–H groups in total. The molecule has 3 nitrogen and oxygen atoms in total. The number of para-hydroxylation sites is 1. The zero-order chi connectivity index (χ0) is 15.6. The van der Waals surface area contributed by atoms with E-state index in [-0.39, 0.29) is 0 Å². The summed E-state index contributed by atoms with van der Waals surface area (Å²) in [7, 11) is 0. The van der Waals surface area contributed by atoms with Gasteiger partial charge in [0.1, 0.15) is 5.82 Å². The lowest BCUT2D eigenvalue weighted by Gasteiger charge is -2.10. The Bertz CT molecular complexity index is 948. The van der Waals surface area contributed by atoms with Crippen LogP contribution in [-0.2, 0) is 6.54 Å². The van der Waals surface area contributed by atoms with Gasteiger partial charge in [0.2, 0.25) is 0 Å². The Morgan fingerprint density at radius 1 is 0.957 bits per heavy atom. The number of fused-ring (bicyclic) bond motifs is 1. The van der Waals surface area contributed by atoms with E-state index in [0.29, 0.717) is 10.8 Å². The molecule has 4 aromatic rings. The lowest BCUT2D eigenvalue weighted by molar-refractivity contribution is 1.13. The van der Waals surface area contributed by atoms with E-state index in [0.717, 1.165) is 28.1 Å². The van der Waals surface area contributed by atoms with Gasteiger partial charge in [0.25, 0.3) is 0 Å². The molecule has 0 fully saturated rings. The van der Waals surface area contributed by atoms with Gasteiger partial charge in [0.05, 0.1) is 22.0 Å². The molecule has 0 amide bonds. The third-order valence-electron chi connectivity index (χ3n) is 3.43. The summed E-state index contributed by atoms with van der Waals surface area (Å²) in [6.07, 6.45) is 0. The molecule has 1 aromatic carbocycles. The van der Waals surface area contributed by atoms with Gasteiger partial charge in [0, 0.05) is 10.3 Å². The first kappa shape index (κ1) is 14.6. The minimum atomic E-state index is 0.664. The highest BCUT2D eigenvalue weighted by Crippen LogP contribution is 2.33. The molecule has 0 spiro atoms. The first-order chi connectivity index (χ1) is 11.3. The predicted octanol–water partition coefficient (Wildman–Crippen LogP) is 5.69. The van der Waals surface area contributed by atoms with Crippen molar-refractivity contribution in [3.05, 3.63) is 63.1 Å². The molecule has 0 atom stereocenters. The molecule has 0 bridgehead atoms. The highest BCUT2D eigenvalue weighted by Gasteiger charge is 2.12.